The van der Waals surface area contributed by atoms with E-state index in [4.69, 9.17) is 0 Å². The minimum atomic E-state index is 0. The number of hydrogen-bond acceptors (Lipinski definition) is 1. The maximum Gasteiger partial charge on any atom is 0.179 e. The second kappa shape index (κ2) is 16.6. The van der Waals surface area contributed by atoms with Crippen LogP contribution in [0.4, 0.5) is 0 Å². The molecule has 0 aliphatic carbocycles. The Morgan fingerprint density at radius 1 is 0.840 bits per heavy atom. The first-order chi connectivity index (χ1) is 11.7. The summed E-state index contributed by atoms with van der Waals surface area (Å²) in [7, 11) is 1.96. The first kappa shape index (κ1) is 24.1. The second-order valence-corrected chi connectivity index (χ2v) is 7.17. The van der Waals surface area contributed by atoms with Gasteiger partial charge in [-0.2, -0.15) is 0 Å². The molecular formula is C22H38ClNO. The van der Waals surface area contributed by atoms with Crippen LogP contribution in [0.1, 0.15) is 107 Å². The van der Waals surface area contributed by atoms with Gasteiger partial charge in [0, 0.05) is 12.5 Å². The number of halogens is 1. The van der Waals surface area contributed by atoms with E-state index in [0.29, 0.717) is 6.42 Å². The first-order valence-corrected chi connectivity index (χ1v) is 10.2. The van der Waals surface area contributed by atoms with Crippen molar-refractivity contribution in [3.8, 4) is 0 Å². The van der Waals surface area contributed by atoms with Gasteiger partial charge in [0.1, 0.15) is 7.05 Å². The molecule has 0 aromatic carbocycles. The molecule has 0 amide bonds. The van der Waals surface area contributed by atoms with E-state index in [1.807, 2.05) is 36.1 Å². The molecule has 0 bridgehead atoms. The van der Waals surface area contributed by atoms with Gasteiger partial charge in [0.25, 0.3) is 0 Å². The molecule has 0 unspecified atom stereocenters. The third-order valence-corrected chi connectivity index (χ3v) is 4.77. The van der Waals surface area contributed by atoms with Crippen molar-refractivity contribution in [3.63, 3.8) is 0 Å². The standard InChI is InChI=1S/C22H38NO.ClH/c1-3-4-5-6-7-8-9-10-11-12-13-14-15-18-22(24)21-17-16-19-23(2)20-21;/h16-17,19-20H,3-15,18H2,1-2H3;1H/q+1;/p-1. The van der Waals surface area contributed by atoms with E-state index in [0.717, 1.165) is 12.0 Å². The zero-order valence-electron chi connectivity index (χ0n) is 16.4. The predicted molar refractivity (Wildman–Crippen MR) is 102 cm³/mol. The summed E-state index contributed by atoms with van der Waals surface area (Å²) in [6, 6.07) is 3.86. The number of nitrogens with zero attached hydrogens (tertiary/aromatic N) is 1. The van der Waals surface area contributed by atoms with E-state index in [9.17, 15) is 4.79 Å². The van der Waals surface area contributed by atoms with E-state index in [-0.39, 0.29) is 18.2 Å². The highest BCUT2D eigenvalue weighted by molar-refractivity contribution is 5.95. The largest absolute Gasteiger partial charge is 1.00 e. The number of Topliss-reactive ketones (excluding diaryl/α,β-unsaturated/α-hetero) is 1. The average molecular weight is 368 g/mol. The lowest BCUT2D eigenvalue weighted by molar-refractivity contribution is -0.671. The lowest BCUT2D eigenvalue weighted by atomic mass is 10.0. The van der Waals surface area contributed by atoms with Crippen molar-refractivity contribution < 1.29 is 21.8 Å². The third-order valence-electron chi connectivity index (χ3n) is 4.77. The Hall–Kier alpha value is -0.890. The van der Waals surface area contributed by atoms with Gasteiger partial charge in [-0.1, -0.05) is 84.0 Å². The Kier molecular flexibility index (Phi) is 16.0. The maximum absolute atomic E-state index is 12.1. The minimum absolute atomic E-state index is 0. The zero-order valence-corrected chi connectivity index (χ0v) is 17.2. The second-order valence-electron chi connectivity index (χ2n) is 7.17. The van der Waals surface area contributed by atoms with E-state index < -0.39 is 0 Å². The van der Waals surface area contributed by atoms with Gasteiger partial charge in [-0.25, -0.2) is 4.57 Å². The molecule has 144 valence electrons. The van der Waals surface area contributed by atoms with Crippen LogP contribution < -0.4 is 17.0 Å². The van der Waals surface area contributed by atoms with Crippen LogP contribution in [0.5, 0.6) is 0 Å². The Bertz CT molecular complexity index is 447. The summed E-state index contributed by atoms with van der Waals surface area (Å²) in [5.74, 6) is 0.286. The zero-order chi connectivity index (χ0) is 17.5. The number of carbonyl (C=O) groups excluding carboxylic acids is 1. The fourth-order valence-corrected chi connectivity index (χ4v) is 3.20. The molecule has 1 aromatic rings. The van der Waals surface area contributed by atoms with Crippen LogP contribution >= 0.6 is 0 Å². The molecule has 1 rings (SSSR count). The monoisotopic (exact) mass is 367 g/mol. The van der Waals surface area contributed by atoms with Gasteiger partial charge in [-0.3, -0.25) is 4.79 Å². The molecule has 0 fully saturated rings. The van der Waals surface area contributed by atoms with E-state index >= 15 is 0 Å². The fraction of sp³-hybridized carbons (Fsp3) is 0.727. The molecule has 3 heteroatoms. The quantitative estimate of drug-likeness (QED) is 0.265. The van der Waals surface area contributed by atoms with Crippen molar-refractivity contribution in [1.82, 2.24) is 0 Å². The van der Waals surface area contributed by atoms with Crippen LogP contribution in [-0.2, 0) is 7.05 Å². The molecule has 0 radical (unpaired) electrons. The summed E-state index contributed by atoms with van der Waals surface area (Å²) in [6.45, 7) is 2.28. The van der Waals surface area contributed by atoms with Gasteiger partial charge in [0.2, 0.25) is 0 Å². The van der Waals surface area contributed by atoms with Gasteiger partial charge in [-0.15, -0.1) is 0 Å². The smallest absolute Gasteiger partial charge is 0.179 e. The van der Waals surface area contributed by atoms with Crippen LogP contribution in [0.3, 0.4) is 0 Å². The molecule has 25 heavy (non-hydrogen) atoms. The average Bonchev–Trinajstić information content (AvgIpc) is 2.59. The molecule has 0 aliphatic rings. The molecule has 1 aromatic heterocycles. The van der Waals surface area contributed by atoms with Gasteiger partial charge >= 0.3 is 0 Å². The van der Waals surface area contributed by atoms with E-state index in [1.165, 1.54) is 77.0 Å². The van der Waals surface area contributed by atoms with Crippen molar-refractivity contribution in [2.75, 3.05) is 0 Å². The Balaban J connectivity index is 0.00000576. The maximum atomic E-state index is 12.1. The number of pyridine rings is 1. The summed E-state index contributed by atoms with van der Waals surface area (Å²) in [4.78, 5) is 12.1. The lowest BCUT2D eigenvalue weighted by Crippen LogP contribution is -3.00. The van der Waals surface area contributed by atoms with Crippen LogP contribution in [0, 0.1) is 0 Å². The summed E-state index contributed by atoms with van der Waals surface area (Å²) in [6.07, 6.45) is 22.1. The van der Waals surface area contributed by atoms with E-state index in [1.54, 1.807) is 0 Å². The van der Waals surface area contributed by atoms with Crippen LogP contribution in [0.2, 0.25) is 0 Å². The normalized spacial score (nSPS) is 10.5. The molecule has 0 saturated heterocycles. The molecular weight excluding hydrogens is 330 g/mol. The molecule has 0 saturated carbocycles. The number of unbranched alkanes of at least 4 members (excludes halogenated alkanes) is 12. The Labute approximate surface area is 161 Å². The number of rotatable bonds is 15. The van der Waals surface area contributed by atoms with Crippen molar-refractivity contribution in [2.24, 2.45) is 7.05 Å². The highest BCUT2D eigenvalue weighted by atomic mass is 35.5. The number of aryl methyl sites for hydroxylation is 1. The molecule has 0 atom stereocenters. The topological polar surface area (TPSA) is 20.9 Å². The minimum Gasteiger partial charge on any atom is -1.00 e. The Morgan fingerprint density at radius 3 is 1.80 bits per heavy atom. The molecule has 0 spiro atoms. The number of carbonyl (C=O) groups is 1. The van der Waals surface area contributed by atoms with Gasteiger partial charge in [-0.05, 0) is 12.5 Å². The SMILES string of the molecule is CCCCCCCCCCCCCCCC(=O)c1ccc[n+](C)c1.[Cl-]. The van der Waals surface area contributed by atoms with Crippen molar-refractivity contribution in [3.05, 3.63) is 30.1 Å². The van der Waals surface area contributed by atoms with Crippen LogP contribution in [-0.4, -0.2) is 5.78 Å². The Morgan fingerprint density at radius 2 is 1.32 bits per heavy atom. The van der Waals surface area contributed by atoms with Crippen LogP contribution in [0.15, 0.2) is 24.5 Å². The number of hydrogen-bond donors (Lipinski definition) is 0. The van der Waals surface area contributed by atoms with Gasteiger partial charge < -0.3 is 12.4 Å². The van der Waals surface area contributed by atoms with E-state index in [2.05, 4.69) is 6.92 Å². The van der Waals surface area contributed by atoms with Crippen molar-refractivity contribution >= 4 is 5.78 Å². The van der Waals surface area contributed by atoms with Gasteiger partial charge in [0.05, 0.1) is 5.56 Å². The molecule has 0 N–H and O–H groups in total. The lowest BCUT2D eigenvalue weighted by Gasteiger charge is -2.03. The number of ketones is 1. The summed E-state index contributed by atoms with van der Waals surface area (Å²) in [5, 5.41) is 0. The highest BCUT2D eigenvalue weighted by Gasteiger charge is 2.08. The highest BCUT2D eigenvalue weighted by Crippen LogP contribution is 2.13. The van der Waals surface area contributed by atoms with Gasteiger partial charge in [0.15, 0.2) is 18.2 Å². The van der Waals surface area contributed by atoms with Crippen molar-refractivity contribution in [1.29, 1.82) is 0 Å². The summed E-state index contributed by atoms with van der Waals surface area (Å²) in [5.41, 5.74) is 0.846. The first-order valence-electron chi connectivity index (χ1n) is 10.2. The van der Waals surface area contributed by atoms with Crippen molar-refractivity contribution in [2.45, 2.75) is 96.8 Å². The molecule has 0 aliphatic heterocycles. The summed E-state index contributed by atoms with van der Waals surface area (Å²) >= 11 is 0. The predicted octanol–water partition coefficient (Wildman–Crippen LogP) is 3.18. The number of aromatic nitrogens is 1. The third kappa shape index (κ3) is 13.0. The molecule has 1 heterocycles. The molecule has 2 nitrogen and oxygen atoms in total. The summed E-state index contributed by atoms with van der Waals surface area (Å²) < 4.78 is 1.94. The van der Waals surface area contributed by atoms with Crippen LogP contribution in [0.25, 0.3) is 0 Å². The fourth-order valence-electron chi connectivity index (χ4n) is 3.20.